The van der Waals surface area contributed by atoms with E-state index in [0.717, 1.165) is 30.9 Å². The molecular formula is C18H21N5O2S. The Balaban J connectivity index is 1.42. The highest BCUT2D eigenvalue weighted by Crippen LogP contribution is 2.28. The normalized spacial score (nSPS) is 15.5. The summed E-state index contributed by atoms with van der Waals surface area (Å²) >= 11 is 1.60. The third-order valence-electron chi connectivity index (χ3n) is 4.81. The molecule has 0 N–H and O–H groups in total. The van der Waals surface area contributed by atoms with Gasteiger partial charge < -0.3 is 13.9 Å². The van der Waals surface area contributed by atoms with E-state index < -0.39 is 0 Å². The van der Waals surface area contributed by atoms with Gasteiger partial charge >= 0.3 is 0 Å². The molecule has 8 heteroatoms. The number of amides is 1. The molecule has 1 fully saturated rings. The van der Waals surface area contributed by atoms with Crippen LogP contribution < -0.4 is 0 Å². The van der Waals surface area contributed by atoms with Crippen molar-refractivity contribution in [3.8, 4) is 0 Å². The first-order valence-corrected chi connectivity index (χ1v) is 9.67. The lowest BCUT2D eigenvalue weighted by molar-refractivity contribution is 0.0676. The second-order valence-corrected chi connectivity index (χ2v) is 7.33. The number of hydrogen-bond acceptors (Lipinski definition) is 6. The van der Waals surface area contributed by atoms with Crippen molar-refractivity contribution < 1.29 is 9.21 Å². The molecular weight excluding hydrogens is 350 g/mol. The number of likely N-dealkylation sites (tertiary alicyclic amines) is 1. The number of nitrogens with zero attached hydrogens (tertiary/aromatic N) is 5. The Kier molecular flexibility index (Phi) is 4.58. The molecule has 0 bridgehead atoms. The van der Waals surface area contributed by atoms with Gasteiger partial charge in [0.05, 0.1) is 23.4 Å². The smallest absolute Gasteiger partial charge is 0.291 e. The van der Waals surface area contributed by atoms with Crippen molar-refractivity contribution in [2.24, 2.45) is 0 Å². The molecule has 7 nitrogen and oxygen atoms in total. The molecule has 136 valence electrons. The summed E-state index contributed by atoms with van der Waals surface area (Å²) in [7, 11) is 0. The molecule has 1 aliphatic rings. The monoisotopic (exact) mass is 371 g/mol. The maximum atomic E-state index is 12.7. The number of imidazole rings is 1. The number of piperidine rings is 1. The van der Waals surface area contributed by atoms with E-state index >= 15 is 0 Å². The molecule has 0 aliphatic carbocycles. The topological polar surface area (TPSA) is 77.1 Å². The van der Waals surface area contributed by atoms with Gasteiger partial charge in [-0.1, -0.05) is 0 Å². The fourth-order valence-corrected chi connectivity index (χ4v) is 4.07. The van der Waals surface area contributed by atoms with E-state index in [1.165, 1.54) is 0 Å². The predicted molar refractivity (Wildman–Crippen MR) is 97.3 cm³/mol. The highest BCUT2D eigenvalue weighted by molar-refractivity contribution is 7.07. The van der Waals surface area contributed by atoms with Gasteiger partial charge in [0, 0.05) is 43.7 Å². The van der Waals surface area contributed by atoms with Crippen LogP contribution >= 0.6 is 11.3 Å². The molecule has 3 aromatic rings. The minimum Gasteiger partial charge on any atom is -0.436 e. The van der Waals surface area contributed by atoms with E-state index in [1.54, 1.807) is 18.3 Å². The maximum Gasteiger partial charge on any atom is 0.291 e. The van der Waals surface area contributed by atoms with Gasteiger partial charge in [-0.15, -0.1) is 11.3 Å². The van der Waals surface area contributed by atoms with Gasteiger partial charge in [-0.2, -0.15) is 0 Å². The molecule has 3 aromatic heterocycles. The van der Waals surface area contributed by atoms with Gasteiger partial charge in [0.2, 0.25) is 5.76 Å². The van der Waals surface area contributed by atoms with Crippen LogP contribution in [0, 0.1) is 13.8 Å². The molecule has 1 aliphatic heterocycles. The molecule has 1 saturated heterocycles. The van der Waals surface area contributed by atoms with Gasteiger partial charge in [0.1, 0.15) is 5.82 Å². The van der Waals surface area contributed by atoms with Crippen LogP contribution in [0.4, 0.5) is 0 Å². The number of hydrogen-bond donors (Lipinski definition) is 0. The van der Waals surface area contributed by atoms with Crippen LogP contribution in [0.15, 0.2) is 27.7 Å². The summed E-state index contributed by atoms with van der Waals surface area (Å²) < 4.78 is 7.65. The van der Waals surface area contributed by atoms with Crippen LogP contribution in [0.5, 0.6) is 0 Å². The minimum atomic E-state index is -0.0626. The Morgan fingerprint density at radius 2 is 2.12 bits per heavy atom. The van der Waals surface area contributed by atoms with Crippen molar-refractivity contribution in [3.05, 3.63) is 52.1 Å². The lowest BCUT2D eigenvalue weighted by Crippen LogP contribution is -2.38. The number of carbonyl (C=O) groups is 1. The molecule has 26 heavy (non-hydrogen) atoms. The second kappa shape index (κ2) is 7.03. The number of aromatic nitrogens is 4. The minimum absolute atomic E-state index is 0.0626. The Morgan fingerprint density at radius 1 is 1.31 bits per heavy atom. The Hall–Kier alpha value is -2.48. The van der Waals surface area contributed by atoms with Crippen LogP contribution in [0.2, 0.25) is 0 Å². The van der Waals surface area contributed by atoms with E-state index in [2.05, 4.69) is 24.9 Å². The fourth-order valence-electron chi connectivity index (χ4n) is 3.52. The zero-order valence-electron chi connectivity index (χ0n) is 14.9. The first-order valence-electron chi connectivity index (χ1n) is 8.73. The summed E-state index contributed by atoms with van der Waals surface area (Å²) in [4.78, 5) is 27.7. The number of oxazole rings is 1. The second-order valence-electron chi connectivity index (χ2n) is 6.61. The Labute approximate surface area is 155 Å². The molecule has 0 atom stereocenters. The van der Waals surface area contributed by atoms with Crippen molar-refractivity contribution in [1.29, 1.82) is 0 Å². The Morgan fingerprint density at radius 3 is 2.77 bits per heavy atom. The summed E-state index contributed by atoms with van der Waals surface area (Å²) in [6, 6.07) is 0. The molecule has 4 heterocycles. The molecule has 4 rings (SSSR count). The van der Waals surface area contributed by atoms with Gasteiger partial charge in [0.25, 0.3) is 5.91 Å². The third kappa shape index (κ3) is 3.29. The first kappa shape index (κ1) is 17.0. The summed E-state index contributed by atoms with van der Waals surface area (Å²) in [5.41, 5.74) is 3.56. The third-order valence-corrected chi connectivity index (χ3v) is 5.44. The highest BCUT2D eigenvalue weighted by atomic mass is 32.1. The van der Waals surface area contributed by atoms with Gasteiger partial charge in [-0.25, -0.2) is 15.0 Å². The highest BCUT2D eigenvalue weighted by Gasteiger charge is 2.29. The summed E-state index contributed by atoms with van der Waals surface area (Å²) in [5, 5.41) is 2.06. The van der Waals surface area contributed by atoms with E-state index in [-0.39, 0.29) is 5.91 Å². The number of rotatable bonds is 4. The summed E-state index contributed by atoms with van der Waals surface area (Å²) in [6.07, 6.45) is 5.64. The number of carbonyl (C=O) groups excluding carboxylic acids is 1. The standard InChI is InChI=1S/C18H21N5O2S/c1-12-16(25-13(2)21-12)18(24)22-6-3-14(4-7-22)17-19-5-8-23(17)9-15-10-26-11-20-15/h5,8,10-11,14H,3-4,6-7,9H2,1-2H3. The van der Waals surface area contributed by atoms with Crippen molar-refractivity contribution in [2.75, 3.05) is 13.1 Å². The van der Waals surface area contributed by atoms with Crippen LogP contribution in [0.25, 0.3) is 0 Å². The largest absolute Gasteiger partial charge is 0.436 e. The number of thiazole rings is 1. The quantitative estimate of drug-likeness (QED) is 0.704. The van der Waals surface area contributed by atoms with Crippen molar-refractivity contribution in [3.63, 3.8) is 0 Å². The maximum absolute atomic E-state index is 12.7. The summed E-state index contributed by atoms with van der Waals surface area (Å²) in [6.45, 7) is 5.72. The van der Waals surface area contributed by atoms with E-state index in [1.807, 2.05) is 29.7 Å². The van der Waals surface area contributed by atoms with Crippen LogP contribution in [-0.4, -0.2) is 43.4 Å². The van der Waals surface area contributed by atoms with Crippen LogP contribution in [0.3, 0.4) is 0 Å². The van der Waals surface area contributed by atoms with Crippen LogP contribution in [-0.2, 0) is 6.54 Å². The number of aryl methyl sites for hydroxylation is 2. The average molecular weight is 371 g/mol. The van der Waals surface area contributed by atoms with Crippen molar-refractivity contribution in [1.82, 2.24) is 24.4 Å². The van der Waals surface area contributed by atoms with Crippen molar-refractivity contribution in [2.45, 2.75) is 39.2 Å². The Bertz CT molecular complexity index is 891. The van der Waals surface area contributed by atoms with Gasteiger partial charge in [0.15, 0.2) is 5.89 Å². The SMILES string of the molecule is Cc1nc(C)c(C(=O)N2CCC(c3nccn3Cc3cscn3)CC2)o1. The van der Waals surface area contributed by atoms with Gasteiger partial charge in [-0.3, -0.25) is 4.79 Å². The molecule has 0 spiro atoms. The van der Waals surface area contributed by atoms with E-state index in [0.29, 0.717) is 36.4 Å². The molecule has 0 aromatic carbocycles. The zero-order chi connectivity index (χ0) is 18.1. The lowest BCUT2D eigenvalue weighted by atomic mass is 9.95. The molecule has 0 radical (unpaired) electrons. The predicted octanol–water partition coefficient (Wildman–Crippen LogP) is 3.01. The van der Waals surface area contributed by atoms with Gasteiger partial charge in [-0.05, 0) is 19.8 Å². The van der Waals surface area contributed by atoms with Crippen molar-refractivity contribution >= 4 is 17.2 Å². The molecule has 0 unspecified atom stereocenters. The molecule has 1 amide bonds. The van der Waals surface area contributed by atoms with E-state index in [9.17, 15) is 4.79 Å². The lowest BCUT2D eigenvalue weighted by Gasteiger charge is -2.31. The van der Waals surface area contributed by atoms with E-state index in [4.69, 9.17) is 4.42 Å². The average Bonchev–Trinajstić information content (AvgIpc) is 3.37. The van der Waals surface area contributed by atoms with Crippen LogP contribution in [0.1, 0.15) is 52.4 Å². The summed E-state index contributed by atoms with van der Waals surface area (Å²) in [5.74, 6) is 2.27. The first-order chi connectivity index (χ1) is 12.6. The fraction of sp³-hybridized carbons (Fsp3) is 0.444. The molecule has 0 saturated carbocycles. The zero-order valence-corrected chi connectivity index (χ0v) is 15.7.